The number of hydrogen-bond acceptors (Lipinski definition) is 3. The predicted octanol–water partition coefficient (Wildman–Crippen LogP) is 2.39. The Labute approximate surface area is 122 Å². The predicted molar refractivity (Wildman–Crippen MR) is 81.9 cm³/mol. The Morgan fingerprint density at radius 3 is 2.40 bits per heavy atom. The summed E-state index contributed by atoms with van der Waals surface area (Å²) in [6, 6.07) is 7.98. The van der Waals surface area contributed by atoms with E-state index in [1.807, 2.05) is 61.9 Å². The topological polar surface area (TPSA) is 32.8 Å². The number of para-hydroxylation sites is 1. The van der Waals surface area contributed by atoms with E-state index < -0.39 is 0 Å². The lowest BCUT2D eigenvalue weighted by atomic mass is 10.2. The first-order chi connectivity index (χ1) is 9.62. The van der Waals surface area contributed by atoms with Gasteiger partial charge in [-0.1, -0.05) is 18.2 Å². The van der Waals surface area contributed by atoms with E-state index in [2.05, 4.69) is 0 Å². The SMILES string of the molecule is CCOc1ccccc1CN(C)CC(=O)N(CC)CC. The highest BCUT2D eigenvalue weighted by atomic mass is 16.5. The van der Waals surface area contributed by atoms with Crippen molar-refractivity contribution in [2.75, 3.05) is 33.3 Å². The minimum absolute atomic E-state index is 0.173. The van der Waals surface area contributed by atoms with Crippen LogP contribution in [-0.4, -0.2) is 49.0 Å². The Kier molecular flexibility index (Phi) is 7.09. The van der Waals surface area contributed by atoms with E-state index in [0.717, 1.165) is 24.4 Å². The smallest absolute Gasteiger partial charge is 0.236 e. The molecule has 1 amide bonds. The number of likely N-dealkylation sites (N-methyl/N-ethyl adjacent to an activating group) is 2. The van der Waals surface area contributed by atoms with Gasteiger partial charge in [-0.05, 0) is 33.9 Å². The van der Waals surface area contributed by atoms with Crippen molar-refractivity contribution >= 4 is 5.91 Å². The average Bonchev–Trinajstić information content (AvgIpc) is 2.42. The number of carbonyl (C=O) groups excluding carboxylic acids is 1. The highest BCUT2D eigenvalue weighted by Crippen LogP contribution is 2.19. The van der Waals surface area contributed by atoms with Gasteiger partial charge < -0.3 is 9.64 Å². The van der Waals surface area contributed by atoms with Crippen LogP contribution in [0.5, 0.6) is 5.75 Å². The second-order valence-electron chi connectivity index (χ2n) is 4.78. The van der Waals surface area contributed by atoms with Gasteiger partial charge in [0.15, 0.2) is 0 Å². The summed E-state index contributed by atoms with van der Waals surface area (Å²) < 4.78 is 5.61. The number of amides is 1. The summed E-state index contributed by atoms with van der Waals surface area (Å²) in [5.74, 6) is 1.07. The lowest BCUT2D eigenvalue weighted by molar-refractivity contribution is -0.131. The Hall–Kier alpha value is -1.55. The Morgan fingerprint density at radius 1 is 1.15 bits per heavy atom. The molecule has 20 heavy (non-hydrogen) atoms. The maximum absolute atomic E-state index is 12.1. The highest BCUT2D eigenvalue weighted by molar-refractivity contribution is 5.78. The van der Waals surface area contributed by atoms with Crippen LogP contribution in [0.1, 0.15) is 26.3 Å². The molecule has 0 aliphatic rings. The van der Waals surface area contributed by atoms with Crippen LogP contribution in [0.25, 0.3) is 0 Å². The molecule has 0 bridgehead atoms. The molecular weight excluding hydrogens is 252 g/mol. The van der Waals surface area contributed by atoms with Crippen LogP contribution in [0.15, 0.2) is 24.3 Å². The molecule has 0 N–H and O–H groups in total. The first kappa shape index (κ1) is 16.5. The number of benzene rings is 1. The highest BCUT2D eigenvalue weighted by Gasteiger charge is 2.13. The molecule has 0 heterocycles. The summed E-state index contributed by atoms with van der Waals surface area (Å²) in [5, 5.41) is 0. The van der Waals surface area contributed by atoms with E-state index in [0.29, 0.717) is 19.7 Å². The van der Waals surface area contributed by atoms with Crippen LogP contribution < -0.4 is 4.74 Å². The van der Waals surface area contributed by atoms with Crippen molar-refractivity contribution in [1.29, 1.82) is 0 Å². The average molecular weight is 278 g/mol. The lowest BCUT2D eigenvalue weighted by Gasteiger charge is -2.23. The van der Waals surface area contributed by atoms with Crippen molar-refractivity contribution in [1.82, 2.24) is 9.80 Å². The van der Waals surface area contributed by atoms with Crippen LogP contribution in [0.3, 0.4) is 0 Å². The van der Waals surface area contributed by atoms with Crippen molar-refractivity contribution in [2.45, 2.75) is 27.3 Å². The fourth-order valence-electron chi connectivity index (χ4n) is 2.18. The van der Waals surface area contributed by atoms with E-state index in [1.165, 1.54) is 0 Å². The molecule has 0 saturated carbocycles. The molecule has 0 radical (unpaired) electrons. The summed E-state index contributed by atoms with van der Waals surface area (Å²) in [5.41, 5.74) is 1.11. The summed E-state index contributed by atoms with van der Waals surface area (Å²) in [4.78, 5) is 15.9. The number of nitrogens with zero attached hydrogens (tertiary/aromatic N) is 2. The molecule has 0 unspecified atom stereocenters. The molecule has 4 heteroatoms. The molecule has 1 aromatic carbocycles. The minimum atomic E-state index is 0.173. The van der Waals surface area contributed by atoms with Crippen molar-refractivity contribution < 1.29 is 9.53 Å². The lowest BCUT2D eigenvalue weighted by Crippen LogP contribution is -2.38. The van der Waals surface area contributed by atoms with Crippen molar-refractivity contribution in [3.63, 3.8) is 0 Å². The number of hydrogen-bond donors (Lipinski definition) is 0. The van der Waals surface area contributed by atoms with E-state index in [4.69, 9.17) is 4.74 Å². The van der Waals surface area contributed by atoms with Crippen molar-refractivity contribution in [3.8, 4) is 5.75 Å². The first-order valence-electron chi connectivity index (χ1n) is 7.29. The largest absolute Gasteiger partial charge is 0.494 e. The third kappa shape index (κ3) is 4.85. The molecule has 0 saturated heterocycles. The van der Waals surface area contributed by atoms with Gasteiger partial charge in [0, 0.05) is 25.2 Å². The first-order valence-corrected chi connectivity index (χ1v) is 7.29. The normalized spacial score (nSPS) is 10.7. The van der Waals surface area contributed by atoms with Gasteiger partial charge in [0.2, 0.25) is 5.91 Å². The van der Waals surface area contributed by atoms with E-state index in [1.54, 1.807) is 0 Å². The zero-order valence-electron chi connectivity index (χ0n) is 13.1. The Morgan fingerprint density at radius 2 is 1.80 bits per heavy atom. The number of rotatable bonds is 8. The van der Waals surface area contributed by atoms with E-state index >= 15 is 0 Å². The molecule has 0 atom stereocenters. The van der Waals surface area contributed by atoms with Gasteiger partial charge in [-0.15, -0.1) is 0 Å². The van der Waals surface area contributed by atoms with Crippen LogP contribution in [-0.2, 0) is 11.3 Å². The van der Waals surface area contributed by atoms with Gasteiger partial charge in [-0.3, -0.25) is 9.69 Å². The quantitative estimate of drug-likeness (QED) is 0.732. The zero-order valence-corrected chi connectivity index (χ0v) is 13.1. The van der Waals surface area contributed by atoms with Gasteiger partial charge >= 0.3 is 0 Å². The third-order valence-electron chi connectivity index (χ3n) is 3.23. The summed E-state index contributed by atoms with van der Waals surface area (Å²) in [6.07, 6.45) is 0. The third-order valence-corrected chi connectivity index (χ3v) is 3.23. The molecular formula is C16H26N2O2. The minimum Gasteiger partial charge on any atom is -0.494 e. The molecule has 1 aromatic rings. The number of carbonyl (C=O) groups is 1. The molecule has 0 aliphatic carbocycles. The standard InChI is InChI=1S/C16H26N2O2/c1-5-18(6-2)16(19)13-17(4)12-14-10-8-9-11-15(14)20-7-3/h8-11H,5-7,12-13H2,1-4H3. The molecule has 1 rings (SSSR count). The van der Waals surface area contributed by atoms with Crippen molar-refractivity contribution in [2.24, 2.45) is 0 Å². The second-order valence-corrected chi connectivity index (χ2v) is 4.78. The monoisotopic (exact) mass is 278 g/mol. The van der Waals surface area contributed by atoms with Crippen LogP contribution in [0.2, 0.25) is 0 Å². The van der Waals surface area contributed by atoms with Crippen LogP contribution in [0, 0.1) is 0 Å². The van der Waals surface area contributed by atoms with Crippen molar-refractivity contribution in [3.05, 3.63) is 29.8 Å². The van der Waals surface area contributed by atoms with Gasteiger partial charge in [-0.25, -0.2) is 0 Å². The fourth-order valence-corrected chi connectivity index (χ4v) is 2.18. The Balaban J connectivity index is 2.62. The van der Waals surface area contributed by atoms with Gasteiger partial charge in [0.05, 0.1) is 13.2 Å². The molecule has 0 aliphatic heterocycles. The number of ether oxygens (including phenoxy) is 1. The summed E-state index contributed by atoms with van der Waals surface area (Å²) in [6.45, 7) is 9.31. The van der Waals surface area contributed by atoms with E-state index in [9.17, 15) is 4.79 Å². The van der Waals surface area contributed by atoms with Crippen LogP contribution >= 0.6 is 0 Å². The van der Waals surface area contributed by atoms with Gasteiger partial charge in [-0.2, -0.15) is 0 Å². The molecule has 0 fully saturated rings. The van der Waals surface area contributed by atoms with Crippen LogP contribution in [0.4, 0.5) is 0 Å². The second kappa shape index (κ2) is 8.59. The van der Waals surface area contributed by atoms with Gasteiger partial charge in [0.1, 0.15) is 5.75 Å². The molecule has 4 nitrogen and oxygen atoms in total. The zero-order chi connectivity index (χ0) is 15.0. The fraction of sp³-hybridized carbons (Fsp3) is 0.562. The maximum Gasteiger partial charge on any atom is 0.236 e. The molecule has 0 aromatic heterocycles. The Bertz CT molecular complexity index is 417. The molecule has 112 valence electrons. The summed E-state index contributed by atoms with van der Waals surface area (Å²) in [7, 11) is 1.96. The van der Waals surface area contributed by atoms with E-state index in [-0.39, 0.29) is 5.91 Å². The van der Waals surface area contributed by atoms with Gasteiger partial charge in [0.25, 0.3) is 0 Å². The molecule has 0 spiro atoms. The maximum atomic E-state index is 12.1. The summed E-state index contributed by atoms with van der Waals surface area (Å²) >= 11 is 0.